The van der Waals surface area contributed by atoms with Crippen molar-refractivity contribution in [2.45, 2.75) is 59.9 Å². The fourth-order valence-electron chi connectivity index (χ4n) is 2.12. The van der Waals surface area contributed by atoms with Crippen LogP contribution in [0.15, 0.2) is 18.3 Å². The maximum atomic E-state index is 4.57. The second-order valence-corrected chi connectivity index (χ2v) is 6.70. The van der Waals surface area contributed by atoms with E-state index in [2.05, 4.69) is 64.1 Å². The van der Waals surface area contributed by atoms with Crippen LogP contribution in [-0.4, -0.2) is 18.1 Å². The summed E-state index contributed by atoms with van der Waals surface area (Å²) in [5.74, 6) is 0.694. The molecule has 0 aliphatic carbocycles. The molecule has 2 unspecified atom stereocenters. The molecule has 0 aliphatic heterocycles. The number of nitrogens with zero attached hydrogens (tertiary/aromatic N) is 1. The van der Waals surface area contributed by atoms with Gasteiger partial charge in [0.1, 0.15) is 0 Å². The van der Waals surface area contributed by atoms with E-state index < -0.39 is 0 Å². The first kappa shape index (κ1) is 16.2. The Kier molecular flexibility index (Phi) is 5.99. The van der Waals surface area contributed by atoms with Crippen molar-refractivity contribution in [3.63, 3.8) is 0 Å². The number of rotatable bonds is 6. The van der Waals surface area contributed by atoms with Gasteiger partial charge >= 0.3 is 0 Å². The van der Waals surface area contributed by atoms with Crippen LogP contribution < -0.4 is 5.32 Å². The molecule has 0 radical (unpaired) electrons. The van der Waals surface area contributed by atoms with Gasteiger partial charge in [0, 0.05) is 24.4 Å². The number of aryl methyl sites for hydroxylation is 1. The van der Waals surface area contributed by atoms with Crippen molar-refractivity contribution in [1.29, 1.82) is 0 Å². The number of likely N-dealkylation sites (N-methyl/N-ethyl adjacent to an activating group) is 1. The Morgan fingerprint density at radius 1 is 1.26 bits per heavy atom. The monoisotopic (exact) mass is 262 g/mol. The third kappa shape index (κ3) is 5.32. The van der Waals surface area contributed by atoms with Gasteiger partial charge in [0.2, 0.25) is 0 Å². The van der Waals surface area contributed by atoms with Gasteiger partial charge in [0.25, 0.3) is 0 Å². The third-order valence-electron chi connectivity index (χ3n) is 4.27. The zero-order valence-electron chi connectivity index (χ0n) is 13.5. The average Bonchev–Trinajstić information content (AvgIpc) is 2.37. The Morgan fingerprint density at radius 2 is 1.95 bits per heavy atom. The standard InChI is InChI=1S/C17H30N2/c1-7-14-8-9-15(19-12-14)11-16(18-6)10-13(2)17(3,4)5/h8-9,12-13,16,18H,7,10-11H2,1-6H3. The molecule has 2 heteroatoms. The van der Waals surface area contributed by atoms with Gasteiger partial charge in [-0.1, -0.05) is 40.7 Å². The first-order chi connectivity index (χ1) is 8.86. The lowest BCUT2D eigenvalue weighted by Gasteiger charge is -2.30. The minimum atomic E-state index is 0.370. The van der Waals surface area contributed by atoms with E-state index in [0.717, 1.165) is 12.8 Å². The largest absolute Gasteiger partial charge is 0.317 e. The molecule has 0 amide bonds. The van der Waals surface area contributed by atoms with Gasteiger partial charge < -0.3 is 5.32 Å². The summed E-state index contributed by atoms with van der Waals surface area (Å²) in [6.07, 6.45) is 5.27. The molecule has 0 aliphatic rings. The Bertz CT molecular complexity index is 362. The highest BCUT2D eigenvalue weighted by Gasteiger charge is 2.23. The van der Waals surface area contributed by atoms with E-state index in [0.29, 0.717) is 17.4 Å². The van der Waals surface area contributed by atoms with E-state index >= 15 is 0 Å². The quantitative estimate of drug-likeness (QED) is 0.842. The highest BCUT2D eigenvalue weighted by molar-refractivity contribution is 5.14. The average molecular weight is 262 g/mol. The fraction of sp³-hybridized carbons (Fsp3) is 0.706. The Morgan fingerprint density at radius 3 is 2.37 bits per heavy atom. The van der Waals surface area contributed by atoms with Crippen LogP contribution in [0.5, 0.6) is 0 Å². The molecule has 0 saturated heterocycles. The van der Waals surface area contributed by atoms with Crippen LogP contribution in [0.1, 0.15) is 52.3 Å². The SMILES string of the molecule is CCc1ccc(CC(CC(C)C(C)(C)C)NC)nc1. The van der Waals surface area contributed by atoms with Crippen molar-refractivity contribution in [1.82, 2.24) is 10.3 Å². The number of hydrogen-bond donors (Lipinski definition) is 1. The summed E-state index contributed by atoms with van der Waals surface area (Å²) in [4.78, 5) is 4.57. The van der Waals surface area contributed by atoms with E-state index in [1.807, 2.05) is 6.20 Å². The zero-order chi connectivity index (χ0) is 14.5. The Balaban J connectivity index is 2.60. The predicted octanol–water partition coefficient (Wildman–Crippen LogP) is 3.85. The molecule has 2 nitrogen and oxygen atoms in total. The molecule has 108 valence electrons. The van der Waals surface area contributed by atoms with Gasteiger partial charge in [0.15, 0.2) is 0 Å². The van der Waals surface area contributed by atoms with E-state index in [-0.39, 0.29) is 0 Å². The molecule has 0 bridgehead atoms. The summed E-state index contributed by atoms with van der Waals surface area (Å²) >= 11 is 0. The summed E-state index contributed by atoms with van der Waals surface area (Å²) in [6, 6.07) is 4.88. The summed E-state index contributed by atoms with van der Waals surface area (Å²) < 4.78 is 0. The third-order valence-corrected chi connectivity index (χ3v) is 4.27. The van der Waals surface area contributed by atoms with Crippen LogP contribution in [0, 0.1) is 11.3 Å². The molecule has 1 aromatic rings. The first-order valence-corrected chi connectivity index (χ1v) is 7.47. The Labute approximate surface area is 119 Å². The molecule has 1 aromatic heterocycles. The number of nitrogens with one attached hydrogen (secondary N) is 1. The molecule has 0 saturated carbocycles. The fourth-order valence-corrected chi connectivity index (χ4v) is 2.12. The van der Waals surface area contributed by atoms with Gasteiger partial charge in [0.05, 0.1) is 0 Å². The van der Waals surface area contributed by atoms with Crippen molar-refractivity contribution in [3.05, 3.63) is 29.6 Å². The van der Waals surface area contributed by atoms with Crippen molar-refractivity contribution in [2.75, 3.05) is 7.05 Å². The molecular formula is C17H30N2. The molecule has 0 fully saturated rings. The maximum Gasteiger partial charge on any atom is 0.0419 e. The molecule has 1 rings (SSSR count). The maximum absolute atomic E-state index is 4.57. The molecule has 0 spiro atoms. The second kappa shape index (κ2) is 7.04. The van der Waals surface area contributed by atoms with Gasteiger partial charge in [-0.2, -0.15) is 0 Å². The van der Waals surface area contributed by atoms with E-state index in [9.17, 15) is 0 Å². The minimum Gasteiger partial charge on any atom is -0.317 e. The molecule has 1 N–H and O–H groups in total. The number of pyridine rings is 1. The molecule has 2 atom stereocenters. The topological polar surface area (TPSA) is 24.9 Å². The molecule has 0 aromatic carbocycles. The van der Waals surface area contributed by atoms with Gasteiger partial charge in [-0.25, -0.2) is 0 Å². The van der Waals surface area contributed by atoms with Crippen molar-refractivity contribution in [2.24, 2.45) is 11.3 Å². The van der Waals surface area contributed by atoms with E-state index in [1.54, 1.807) is 0 Å². The molecule has 19 heavy (non-hydrogen) atoms. The van der Waals surface area contributed by atoms with Gasteiger partial charge in [-0.15, -0.1) is 0 Å². The van der Waals surface area contributed by atoms with Crippen LogP contribution in [0.4, 0.5) is 0 Å². The highest BCUT2D eigenvalue weighted by atomic mass is 14.9. The number of hydrogen-bond acceptors (Lipinski definition) is 2. The molecule has 1 heterocycles. The zero-order valence-corrected chi connectivity index (χ0v) is 13.5. The lowest BCUT2D eigenvalue weighted by Crippen LogP contribution is -2.33. The summed E-state index contributed by atoms with van der Waals surface area (Å²) in [6.45, 7) is 11.5. The lowest BCUT2D eigenvalue weighted by molar-refractivity contribution is 0.224. The summed E-state index contributed by atoms with van der Waals surface area (Å²) in [5, 5.41) is 3.44. The van der Waals surface area contributed by atoms with Gasteiger partial charge in [-0.3, -0.25) is 4.98 Å². The van der Waals surface area contributed by atoms with E-state index in [4.69, 9.17) is 0 Å². The van der Waals surface area contributed by atoms with Crippen LogP contribution >= 0.6 is 0 Å². The van der Waals surface area contributed by atoms with Crippen LogP contribution in [0.2, 0.25) is 0 Å². The van der Waals surface area contributed by atoms with Gasteiger partial charge in [-0.05, 0) is 42.9 Å². The number of aromatic nitrogens is 1. The smallest absolute Gasteiger partial charge is 0.0419 e. The highest BCUT2D eigenvalue weighted by Crippen LogP contribution is 2.29. The summed E-state index contributed by atoms with van der Waals surface area (Å²) in [5.41, 5.74) is 2.87. The predicted molar refractivity (Wildman–Crippen MR) is 83.4 cm³/mol. The van der Waals surface area contributed by atoms with Crippen LogP contribution in [0.3, 0.4) is 0 Å². The first-order valence-electron chi connectivity index (χ1n) is 7.47. The van der Waals surface area contributed by atoms with Crippen LogP contribution in [-0.2, 0) is 12.8 Å². The molecular weight excluding hydrogens is 232 g/mol. The normalized spacial score (nSPS) is 15.3. The van der Waals surface area contributed by atoms with Crippen molar-refractivity contribution in [3.8, 4) is 0 Å². The van der Waals surface area contributed by atoms with Crippen LogP contribution in [0.25, 0.3) is 0 Å². The lowest BCUT2D eigenvalue weighted by atomic mass is 9.78. The Hall–Kier alpha value is -0.890. The van der Waals surface area contributed by atoms with Crippen molar-refractivity contribution < 1.29 is 0 Å². The minimum absolute atomic E-state index is 0.370. The summed E-state index contributed by atoms with van der Waals surface area (Å²) in [7, 11) is 2.06. The van der Waals surface area contributed by atoms with E-state index in [1.165, 1.54) is 17.7 Å². The second-order valence-electron chi connectivity index (χ2n) is 6.70. The van der Waals surface area contributed by atoms with Crippen molar-refractivity contribution >= 4 is 0 Å².